The maximum absolute atomic E-state index is 4.77. The van der Waals surface area contributed by atoms with Crippen LogP contribution in [0, 0.1) is 5.92 Å². The lowest BCUT2D eigenvalue weighted by atomic mass is 10.1. The van der Waals surface area contributed by atoms with Crippen molar-refractivity contribution in [2.24, 2.45) is 10.9 Å². The highest BCUT2D eigenvalue weighted by molar-refractivity contribution is 14.0. The number of rotatable bonds is 9. The average molecular weight is 494 g/mol. The molecule has 0 aromatic carbocycles. The van der Waals surface area contributed by atoms with Crippen LogP contribution in [0.15, 0.2) is 22.5 Å². The molecule has 7 heteroatoms. The molecule has 1 aromatic heterocycles. The lowest BCUT2D eigenvalue weighted by molar-refractivity contribution is 0.139. The molecule has 2 rings (SSSR count). The van der Waals surface area contributed by atoms with E-state index in [0.717, 1.165) is 38.6 Å². The van der Waals surface area contributed by atoms with Gasteiger partial charge in [-0.3, -0.25) is 9.89 Å². The molecule has 1 atom stereocenters. The Kier molecular flexibility index (Phi) is 12.5. The number of piperazine rings is 1. The normalized spacial score (nSPS) is 17.6. The molecular formula is C19H36IN5S. The minimum absolute atomic E-state index is 0. The van der Waals surface area contributed by atoms with Crippen molar-refractivity contribution in [3.63, 3.8) is 0 Å². The van der Waals surface area contributed by atoms with E-state index >= 15 is 0 Å². The molecule has 0 spiro atoms. The number of likely N-dealkylation sites (N-methyl/N-ethyl adjacent to an activating group) is 1. The van der Waals surface area contributed by atoms with Gasteiger partial charge in [0.1, 0.15) is 0 Å². The first-order valence-electron chi connectivity index (χ1n) is 9.70. The Hall–Kier alpha value is -0.380. The SMILES string of the molecule is CCNC(=NCC(C)Cc1cccs1)NCCN1CCN(CC)CC1.I. The van der Waals surface area contributed by atoms with Crippen molar-refractivity contribution >= 4 is 41.3 Å². The topological polar surface area (TPSA) is 42.9 Å². The number of thiophene rings is 1. The summed E-state index contributed by atoms with van der Waals surface area (Å²) in [5.74, 6) is 1.52. The van der Waals surface area contributed by atoms with Gasteiger partial charge >= 0.3 is 0 Å². The molecule has 150 valence electrons. The van der Waals surface area contributed by atoms with E-state index in [1.54, 1.807) is 0 Å². The molecule has 0 bridgehead atoms. The van der Waals surface area contributed by atoms with Gasteiger partial charge in [-0.05, 0) is 37.3 Å². The van der Waals surface area contributed by atoms with Gasteiger partial charge in [0.25, 0.3) is 0 Å². The number of halogens is 1. The van der Waals surface area contributed by atoms with Crippen LogP contribution in [0.5, 0.6) is 0 Å². The second-order valence-corrected chi connectivity index (χ2v) is 7.84. The summed E-state index contributed by atoms with van der Waals surface area (Å²) in [6, 6.07) is 4.34. The molecule has 0 saturated carbocycles. The van der Waals surface area contributed by atoms with E-state index in [0.29, 0.717) is 5.92 Å². The number of hydrogen-bond donors (Lipinski definition) is 2. The predicted octanol–water partition coefficient (Wildman–Crippen LogP) is 2.74. The Morgan fingerprint density at radius 3 is 2.54 bits per heavy atom. The minimum Gasteiger partial charge on any atom is -0.357 e. The third-order valence-corrected chi connectivity index (χ3v) is 5.57. The second-order valence-electron chi connectivity index (χ2n) is 6.81. The second kappa shape index (κ2) is 13.7. The molecule has 5 nitrogen and oxygen atoms in total. The van der Waals surface area contributed by atoms with Gasteiger partial charge in [0.15, 0.2) is 5.96 Å². The summed E-state index contributed by atoms with van der Waals surface area (Å²) in [4.78, 5) is 11.3. The number of nitrogens with zero attached hydrogens (tertiary/aromatic N) is 3. The Morgan fingerprint density at radius 1 is 1.19 bits per heavy atom. The summed E-state index contributed by atoms with van der Waals surface area (Å²) in [5, 5.41) is 9.01. The van der Waals surface area contributed by atoms with Gasteiger partial charge in [0, 0.05) is 57.2 Å². The monoisotopic (exact) mass is 493 g/mol. The Bertz CT molecular complexity index is 486. The summed E-state index contributed by atoms with van der Waals surface area (Å²) in [6.07, 6.45) is 1.11. The van der Waals surface area contributed by atoms with E-state index in [2.05, 4.69) is 58.7 Å². The molecule has 0 amide bonds. The highest BCUT2D eigenvalue weighted by atomic mass is 127. The van der Waals surface area contributed by atoms with Crippen molar-refractivity contribution in [1.29, 1.82) is 0 Å². The number of guanidine groups is 1. The fraction of sp³-hybridized carbons (Fsp3) is 0.737. The van der Waals surface area contributed by atoms with Crippen LogP contribution in [0.25, 0.3) is 0 Å². The van der Waals surface area contributed by atoms with Crippen LogP contribution in [0.3, 0.4) is 0 Å². The van der Waals surface area contributed by atoms with Crippen LogP contribution < -0.4 is 10.6 Å². The van der Waals surface area contributed by atoms with E-state index < -0.39 is 0 Å². The highest BCUT2D eigenvalue weighted by Crippen LogP contribution is 2.14. The van der Waals surface area contributed by atoms with Gasteiger partial charge in [-0.1, -0.05) is 19.9 Å². The molecule has 1 aliphatic heterocycles. The van der Waals surface area contributed by atoms with E-state index in [9.17, 15) is 0 Å². The maximum Gasteiger partial charge on any atom is 0.191 e. The van der Waals surface area contributed by atoms with Gasteiger partial charge in [0.05, 0.1) is 0 Å². The molecule has 1 fully saturated rings. The lowest BCUT2D eigenvalue weighted by Gasteiger charge is -2.34. The number of hydrogen-bond acceptors (Lipinski definition) is 4. The van der Waals surface area contributed by atoms with E-state index in [4.69, 9.17) is 4.99 Å². The Balaban J connectivity index is 0.00000338. The van der Waals surface area contributed by atoms with Gasteiger partial charge in [0.2, 0.25) is 0 Å². The molecule has 2 heterocycles. The molecule has 1 saturated heterocycles. The van der Waals surface area contributed by atoms with Crippen molar-refractivity contribution in [3.05, 3.63) is 22.4 Å². The zero-order valence-electron chi connectivity index (χ0n) is 16.5. The molecule has 1 aliphatic rings. The first-order valence-corrected chi connectivity index (χ1v) is 10.6. The summed E-state index contributed by atoms with van der Waals surface area (Å²) in [5.41, 5.74) is 0. The fourth-order valence-electron chi connectivity index (χ4n) is 3.09. The number of aliphatic imine (C=N–C) groups is 1. The summed E-state index contributed by atoms with van der Waals surface area (Å²) in [6.45, 7) is 16.4. The lowest BCUT2D eigenvalue weighted by Crippen LogP contribution is -2.49. The molecule has 1 unspecified atom stereocenters. The molecular weight excluding hydrogens is 457 g/mol. The van der Waals surface area contributed by atoms with E-state index in [1.165, 1.54) is 37.6 Å². The predicted molar refractivity (Wildman–Crippen MR) is 125 cm³/mol. The zero-order chi connectivity index (χ0) is 17.9. The quantitative estimate of drug-likeness (QED) is 0.316. The summed E-state index contributed by atoms with van der Waals surface area (Å²) < 4.78 is 0. The molecule has 0 radical (unpaired) electrons. The van der Waals surface area contributed by atoms with Gasteiger partial charge in [-0.15, -0.1) is 35.3 Å². The van der Waals surface area contributed by atoms with Crippen LogP contribution in [0.1, 0.15) is 25.6 Å². The minimum atomic E-state index is 0. The molecule has 0 aliphatic carbocycles. The standard InChI is InChI=1S/C19H35N5S.HI/c1-4-20-19(22-16-17(3)15-18-7-6-14-25-18)21-8-9-24-12-10-23(5-2)11-13-24;/h6-7,14,17H,4-5,8-13,15-16H2,1-3H3,(H2,20,21,22);1H. The third kappa shape index (κ3) is 9.01. The van der Waals surface area contributed by atoms with Crippen molar-refractivity contribution in [3.8, 4) is 0 Å². The highest BCUT2D eigenvalue weighted by Gasteiger charge is 2.14. The average Bonchev–Trinajstić information content (AvgIpc) is 3.13. The Labute approximate surface area is 180 Å². The largest absolute Gasteiger partial charge is 0.357 e. The number of nitrogens with one attached hydrogen (secondary N) is 2. The van der Waals surface area contributed by atoms with Gasteiger partial charge < -0.3 is 15.5 Å². The summed E-state index contributed by atoms with van der Waals surface area (Å²) >= 11 is 1.84. The Morgan fingerprint density at radius 2 is 1.92 bits per heavy atom. The fourth-order valence-corrected chi connectivity index (χ4v) is 3.96. The first kappa shape index (κ1) is 23.7. The van der Waals surface area contributed by atoms with Crippen LogP contribution >= 0.6 is 35.3 Å². The summed E-state index contributed by atoms with van der Waals surface area (Å²) in [7, 11) is 0. The van der Waals surface area contributed by atoms with Crippen molar-refractivity contribution in [2.75, 3.05) is 58.9 Å². The van der Waals surface area contributed by atoms with Gasteiger partial charge in [-0.2, -0.15) is 0 Å². The van der Waals surface area contributed by atoms with E-state index in [-0.39, 0.29) is 24.0 Å². The third-order valence-electron chi connectivity index (χ3n) is 4.67. The van der Waals surface area contributed by atoms with Crippen LogP contribution in [0.2, 0.25) is 0 Å². The van der Waals surface area contributed by atoms with Crippen LogP contribution in [0.4, 0.5) is 0 Å². The van der Waals surface area contributed by atoms with Crippen LogP contribution in [-0.2, 0) is 6.42 Å². The maximum atomic E-state index is 4.77. The van der Waals surface area contributed by atoms with Crippen molar-refractivity contribution in [1.82, 2.24) is 20.4 Å². The van der Waals surface area contributed by atoms with E-state index in [1.807, 2.05) is 11.3 Å². The smallest absolute Gasteiger partial charge is 0.191 e. The molecule has 2 N–H and O–H groups in total. The zero-order valence-corrected chi connectivity index (χ0v) is 19.7. The molecule has 1 aromatic rings. The van der Waals surface area contributed by atoms with Crippen molar-refractivity contribution < 1.29 is 0 Å². The van der Waals surface area contributed by atoms with Crippen molar-refractivity contribution in [2.45, 2.75) is 27.2 Å². The molecule has 26 heavy (non-hydrogen) atoms. The first-order chi connectivity index (χ1) is 12.2. The van der Waals surface area contributed by atoms with Gasteiger partial charge in [-0.25, -0.2) is 0 Å². The van der Waals surface area contributed by atoms with Crippen LogP contribution in [-0.4, -0.2) is 74.7 Å².